The lowest BCUT2D eigenvalue weighted by molar-refractivity contribution is -0.143. The van der Waals surface area contributed by atoms with Gasteiger partial charge >= 0.3 is 5.97 Å². The van der Waals surface area contributed by atoms with Crippen molar-refractivity contribution in [3.05, 3.63) is 0 Å². The molecule has 8 heteroatoms. The monoisotopic (exact) mass is 306 g/mol. The van der Waals surface area contributed by atoms with Gasteiger partial charge in [0.1, 0.15) is 0 Å². The average molecular weight is 306 g/mol. The molecule has 1 fully saturated rings. The average Bonchev–Trinajstić information content (AvgIpc) is 2.36. The van der Waals surface area contributed by atoms with Crippen molar-refractivity contribution in [2.75, 3.05) is 32.9 Å². The van der Waals surface area contributed by atoms with Gasteiger partial charge in [0.05, 0.1) is 12.2 Å². The van der Waals surface area contributed by atoms with Gasteiger partial charge < -0.3 is 10.0 Å². The summed E-state index contributed by atoms with van der Waals surface area (Å²) in [5, 5.41) is 8.84. The molecule has 0 aromatic heterocycles. The van der Waals surface area contributed by atoms with Gasteiger partial charge in [-0.15, -0.1) is 0 Å². The largest absolute Gasteiger partial charge is 0.481 e. The van der Waals surface area contributed by atoms with Crippen molar-refractivity contribution < 1.29 is 23.1 Å². The van der Waals surface area contributed by atoms with Gasteiger partial charge in [-0.1, -0.05) is 6.92 Å². The molecule has 20 heavy (non-hydrogen) atoms. The lowest BCUT2D eigenvalue weighted by atomic mass is 9.96. The van der Waals surface area contributed by atoms with E-state index in [2.05, 4.69) is 0 Å². The van der Waals surface area contributed by atoms with Crippen LogP contribution in [0.15, 0.2) is 0 Å². The highest BCUT2D eigenvalue weighted by molar-refractivity contribution is 7.88. The summed E-state index contributed by atoms with van der Waals surface area (Å²) >= 11 is 0. The van der Waals surface area contributed by atoms with Crippen molar-refractivity contribution in [2.45, 2.75) is 19.8 Å². The van der Waals surface area contributed by atoms with E-state index < -0.39 is 21.9 Å². The molecule has 1 amide bonds. The molecule has 0 aromatic rings. The summed E-state index contributed by atoms with van der Waals surface area (Å²) in [6.07, 6.45) is 2.13. The van der Waals surface area contributed by atoms with Crippen LogP contribution in [0.1, 0.15) is 19.8 Å². The fourth-order valence-corrected chi connectivity index (χ4v) is 3.20. The van der Waals surface area contributed by atoms with E-state index in [9.17, 15) is 18.0 Å². The van der Waals surface area contributed by atoms with E-state index in [0.29, 0.717) is 25.9 Å². The third-order valence-electron chi connectivity index (χ3n) is 3.62. The molecule has 1 aliphatic rings. The highest BCUT2D eigenvalue weighted by Crippen LogP contribution is 2.21. The number of carboxylic acids is 1. The molecular weight excluding hydrogens is 284 g/mol. The fraction of sp³-hybridized carbons (Fsp3) is 0.833. The molecule has 1 N–H and O–H groups in total. The second-order valence-corrected chi connectivity index (χ2v) is 7.38. The van der Waals surface area contributed by atoms with Crippen LogP contribution in [0.5, 0.6) is 0 Å². The first-order chi connectivity index (χ1) is 9.12. The van der Waals surface area contributed by atoms with E-state index >= 15 is 0 Å². The third-order valence-corrected chi connectivity index (χ3v) is 4.92. The second-order valence-electron chi connectivity index (χ2n) is 5.39. The number of rotatable bonds is 5. The van der Waals surface area contributed by atoms with Crippen molar-refractivity contribution in [1.82, 2.24) is 9.21 Å². The number of amides is 1. The maximum Gasteiger partial charge on any atom is 0.308 e. The maximum atomic E-state index is 12.2. The van der Waals surface area contributed by atoms with Crippen molar-refractivity contribution >= 4 is 21.9 Å². The molecule has 1 heterocycles. The number of aliphatic carboxylic acids is 1. The lowest BCUT2D eigenvalue weighted by Gasteiger charge is -2.32. The summed E-state index contributed by atoms with van der Waals surface area (Å²) in [7, 11) is -1.61. The zero-order valence-corrected chi connectivity index (χ0v) is 12.9. The number of sulfonamides is 1. The molecule has 0 spiro atoms. The number of carbonyl (C=O) groups is 2. The van der Waals surface area contributed by atoms with E-state index in [4.69, 9.17) is 5.11 Å². The molecule has 1 unspecified atom stereocenters. The number of nitrogens with zero attached hydrogens (tertiary/aromatic N) is 2. The van der Waals surface area contributed by atoms with Gasteiger partial charge in [0, 0.05) is 32.6 Å². The fourth-order valence-electron chi connectivity index (χ4n) is 2.32. The molecule has 0 saturated carbocycles. The first kappa shape index (κ1) is 16.9. The van der Waals surface area contributed by atoms with Gasteiger partial charge in [-0.2, -0.15) is 0 Å². The van der Waals surface area contributed by atoms with Gasteiger partial charge in [0.15, 0.2) is 0 Å². The second kappa shape index (κ2) is 6.53. The van der Waals surface area contributed by atoms with Gasteiger partial charge in [-0.3, -0.25) is 9.59 Å². The van der Waals surface area contributed by atoms with Crippen LogP contribution in [0.2, 0.25) is 0 Å². The van der Waals surface area contributed by atoms with Crippen molar-refractivity contribution in [3.63, 3.8) is 0 Å². The molecule has 0 aliphatic carbocycles. The topological polar surface area (TPSA) is 95.0 Å². The van der Waals surface area contributed by atoms with Crippen LogP contribution in [-0.2, 0) is 19.6 Å². The van der Waals surface area contributed by atoms with E-state index in [1.54, 1.807) is 14.0 Å². The van der Waals surface area contributed by atoms with E-state index in [-0.39, 0.29) is 18.4 Å². The molecular formula is C12H22N2O5S. The molecule has 1 saturated heterocycles. The highest BCUT2D eigenvalue weighted by Gasteiger charge is 2.31. The van der Waals surface area contributed by atoms with Crippen LogP contribution in [0, 0.1) is 11.8 Å². The Kier molecular flexibility index (Phi) is 5.52. The minimum Gasteiger partial charge on any atom is -0.481 e. The predicted molar refractivity (Wildman–Crippen MR) is 73.6 cm³/mol. The Labute approximate surface area is 119 Å². The summed E-state index contributed by atoms with van der Waals surface area (Å²) < 4.78 is 24.1. The SMILES string of the molecule is CC(CN(C)C(=O)C1CCN(S(C)(=O)=O)CC1)C(=O)O. The Morgan fingerprint density at radius 1 is 1.35 bits per heavy atom. The van der Waals surface area contributed by atoms with Gasteiger partial charge in [0.2, 0.25) is 15.9 Å². The van der Waals surface area contributed by atoms with Crippen LogP contribution < -0.4 is 0 Å². The first-order valence-electron chi connectivity index (χ1n) is 6.55. The van der Waals surface area contributed by atoms with Crippen molar-refractivity contribution in [3.8, 4) is 0 Å². The Hall–Kier alpha value is -1.15. The Morgan fingerprint density at radius 3 is 2.25 bits per heavy atom. The summed E-state index contributed by atoms with van der Waals surface area (Å²) in [6.45, 7) is 2.41. The molecule has 1 atom stereocenters. The number of hydrogen-bond acceptors (Lipinski definition) is 4. The standard InChI is InChI=1S/C12H22N2O5S/c1-9(12(16)17)8-13(2)11(15)10-4-6-14(7-5-10)20(3,18)19/h9-10H,4-8H2,1-3H3,(H,16,17). The smallest absolute Gasteiger partial charge is 0.308 e. The van der Waals surface area contributed by atoms with Crippen LogP contribution in [0.3, 0.4) is 0 Å². The van der Waals surface area contributed by atoms with E-state index in [1.165, 1.54) is 9.21 Å². The molecule has 0 radical (unpaired) electrons. The molecule has 7 nitrogen and oxygen atoms in total. The predicted octanol–water partition coefficient (Wildman–Crippen LogP) is -0.163. The molecule has 1 aliphatic heterocycles. The molecule has 1 rings (SSSR count). The van der Waals surface area contributed by atoms with Gasteiger partial charge in [-0.05, 0) is 12.8 Å². The lowest BCUT2D eigenvalue weighted by Crippen LogP contribution is -2.44. The van der Waals surface area contributed by atoms with Crippen LogP contribution >= 0.6 is 0 Å². The summed E-state index contributed by atoms with van der Waals surface area (Å²) in [5.74, 6) is -1.87. The number of hydrogen-bond donors (Lipinski definition) is 1. The van der Waals surface area contributed by atoms with Gasteiger partial charge in [-0.25, -0.2) is 12.7 Å². The van der Waals surface area contributed by atoms with Crippen molar-refractivity contribution in [2.24, 2.45) is 11.8 Å². The van der Waals surface area contributed by atoms with E-state index in [1.807, 2.05) is 0 Å². The Bertz CT molecular complexity index is 468. The zero-order chi connectivity index (χ0) is 15.5. The van der Waals surface area contributed by atoms with Crippen LogP contribution in [-0.4, -0.2) is 67.5 Å². The quantitative estimate of drug-likeness (QED) is 0.761. The van der Waals surface area contributed by atoms with Crippen LogP contribution in [0.4, 0.5) is 0 Å². The maximum absolute atomic E-state index is 12.2. The minimum atomic E-state index is -3.19. The Morgan fingerprint density at radius 2 is 1.85 bits per heavy atom. The number of piperidine rings is 1. The first-order valence-corrected chi connectivity index (χ1v) is 8.40. The molecule has 116 valence electrons. The Balaban J connectivity index is 2.52. The number of carbonyl (C=O) groups excluding carboxylic acids is 1. The van der Waals surface area contributed by atoms with Crippen molar-refractivity contribution in [1.29, 1.82) is 0 Å². The van der Waals surface area contributed by atoms with Gasteiger partial charge in [0.25, 0.3) is 0 Å². The number of carboxylic acid groups (broad SMARTS) is 1. The summed E-state index contributed by atoms with van der Waals surface area (Å²) in [5.41, 5.74) is 0. The minimum absolute atomic E-state index is 0.105. The van der Waals surface area contributed by atoms with E-state index in [0.717, 1.165) is 6.26 Å². The van der Waals surface area contributed by atoms with Crippen LogP contribution in [0.25, 0.3) is 0 Å². The summed E-state index contributed by atoms with van der Waals surface area (Å²) in [4.78, 5) is 24.4. The molecule has 0 bridgehead atoms. The third kappa shape index (κ3) is 4.45. The molecule has 0 aromatic carbocycles. The zero-order valence-electron chi connectivity index (χ0n) is 12.1. The highest BCUT2D eigenvalue weighted by atomic mass is 32.2. The normalized spacial score (nSPS) is 19.6. The summed E-state index contributed by atoms with van der Waals surface area (Å²) in [6, 6.07) is 0.